The molecule has 2 aromatic rings. The Morgan fingerprint density at radius 2 is 1.63 bits per heavy atom. The number of thiocarbonyl (C=S) groups is 1. The summed E-state index contributed by atoms with van der Waals surface area (Å²) in [5.74, 6) is -0.579. The third kappa shape index (κ3) is 5.37. The molecule has 1 aromatic heterocycles. The van der Waals surface area contributed by atoms with Crippen molar-refractivity contribution in [3.63, 3.8) is 0 Å². The maximum Gasteiger partial charge on any atom is 0.348 e. The summed E-state index contributed by atoms with van der Waals surface area (Å²) in [6.45, 7) is 8.07. The van der Waals surface area contributed by atoms with E-state index in [1.165, 1.54) is 19.8 Å². The van der Waals surface area contributed by atoms with E-state index in [-0.39, 0.29) is 11.6 Å². The number of ether oxygens (including phenoxy) is 2. The van der Waals surface area contributed by atoms with Gasteiger partial charge in [-0.1, -0.05) is 45.0 Å². The van der Waals surface area contributed by atoms with Crippen molar-refractivity contribution in [2.75, 3.05) is 19.5 Å². The van der Waals surface area contributed by atoms with Gasteiger partial charge in [-0.3, -0.25) is 0 Å². The highest BCUT2D eigenvalue weighted by molar-refractivity contribution is 7.80. The van der Waals surface area contributed by atoms with E-state index in [0.717, 1.165) is 23.3 Å². The molecule has 1 aromatic carbocycles. The van der Waals surface area contributed by atoms with Crippen LogP contribution >= 0.6 is 23.6 Å². The number of hydrogen-bond donors (Lipinski definition) is 2. The number of methoxy groups -OCH3 is 2. The molecular weight excluding hydrogens is 420 g/mol. The highest BCUT2D eigenvalue weighted by atomic mass is 32.1. The van der Waals surface area contributed by atoms with E-state index in [2.05, 4.69) is 55.7 Å². The maximum absolute atomic E-state index is 12.3. The molecule has 0 fully saturated rings. The summed E-state index contributed by atoms with van der Waals surface area (Å²) in [4.78, 5) is 24.6. The van der Waals surface area contributed by atoms with Crippen LogP contribution in [-0.2, 0) is 9.47 Å². The third-order valence-corrected chi connectivity index (χ3v) is 6.26. The summed E-state index contributed by atoms with van der Waals surface area (Å²) >= 11 is 6.60. The van der Waals surface area contributed by atoms with Crippen LogP contribution in [0.5, 0.6) is 0 Å². The van der Waals surface area contributed by atoms with E-state index in [4.69, 9.17) is 21.7 Å². The largest absolute Gasteiger partial charge is 0.465 e. The van der Waals surface area contributed by atoms with Crippen LogP contribution in [0.1, 0.15) is 75.9 Å². The zero-order valence-corrected chi connectivity index (χ0v) is 19.8. The van der Waals surface area contributed by atoms with Gasteiger partial charge in [0.1, 0.15) is 9.88 Å². The van der Waals surface area contributed by atoms with Crippen LogP contribution in [0.4, 0.5) is 5.00 Å². The zero-order chi connectivity index (χ0) is 22.4. The van der Waals surface area contributed by atoms with Crippen molar-refractivity contribution in [2.24, 2.45) is 0 Å². The van der Waals surface area contributed by atoms with Gasteiger partial charge in [0.2, 0.25) is 0 Å². The predicted molar refractivity (Wildman–Crippen MR) is 125 cm³/mol. The van der Waals surface area contributed by atoms with Crippen LogP contribution in [0.3, 0.4) is 0 Å². The number of benzene rings is 1. The molecule has 0 spiro atoms. The van der Waals surface area contributed by atoms with Crippen molar-refractivity contribution in [1.29, 1.82) is 0 Å². The van der Waals surface area contributed by atoms with Gasteiger partial charge in [-0.05, 0) is 48.2 Å². The highest BCUT2D eigenvalue weighted by Gasteiger charge is 2.26. The minimum atomic E-state index is -0.541. The minimum Gasteiger partial charge on any atom is -0.465 e. The van der Waals surface area contributed by atoms with Crippen molar-refractivity contribution in [1.82, 2.24) is 5.32 Å². The van der Waals surface area contributed by atoms with Gasteiger partial charge in [-0.25, -0.2) is 9.59 Å². The molecule has 6 nitrogen and oxygen atoms in total. The summed E-state index contributed by atoms with van der Waals surface area (Å²) in [5.41, 5.74) is 3.18. The standard InChI is InChI=1S/C22H28N2O4S2/c1-7-16(15-10-8-14(9-11-15)12(2)3)23-22(29)24-19-17(20(25)27-5)13(4)18(30-19)21(26)28-6/h8-12,16H,7H2,1-6H3,(H2,23,24,29). The normalized spacial score (nSPS) is 11.7. The van der Waals surface area contributed by atoms with E-state index in [1.807, 2.05) is 0 Å². The third-order valence-electron chi connectivity index (χ3n) is 4.85. The molecule has 0 aliphatic heterocycles. The maximum atomic E-state index is 12.3. The number of carbonyl (C=O) groups is 2. The molecule has 0 bridgehead atoms. The van der Waals surface area contributed by atoms with E-state index >= 15 is 0 Å². The Labute approximate surface area is 187 Å². The first kappa shape index (κ1) is 23.8. The molecule has 1 atom stereocenters. The first-order valence-electron chi connectivity index (χ1n) is 9.70. The van der Waals surface area contributed by atoms with Crippen LogP contribution in [0.2, 0.25) is 0 Å². The Kier molecular flexibility index (Phi) is 8.37. The number of anilines is 1. The Hall–Kier alpha value is -2.45. The molecule has 0 radical (unpaired) electrons. The summed E-state index contributed by atoms with van der Waals surface area (Å²) in [7, 11) is 2.60. The summed E-state index contributed by atoms with van der Waals surface area (Å²) in [5, 5.41) is 7.16. The molecule has 0 aliphatic rings. The zero-order valence-electron chi connectivity index (χ0n) is 18.1. The molecule has 0 saturated heterocycles. The quantitative estimate of drug-likeness (QED) is 0.446. The number of hydrogen-bond acceptors (Lipinski definition) is 6. The molecule has 0 saturated carbocycles. The van der Waals surface area contributed by atoms with Crippen molar-refractivity contribution >= 4 is 45.6 Å². The Balaban J connectivity index is 2.23. The number of carbonyl (C=O) groups excluding carboxylic acids is 2. The fraction of sp³-hybridized carbons (Fsp3) is 0.409. The molecule has 2 N–H and O–H groups in total. The monoisotopic (exact) mass is 448 g/mol. The first-order chi connectivity index (χ1) is 14.2. The SMILES string of the molecule is CCC(NC(=S)Nc1sc(C(=O)OC)c(C)c1C(=O)OC)c1ccc(C(C)C)cc1. The van der Waals surface area contributed by atoms with E-state index in [1.54, 1.807) is 6.92 Å². The topological polar surface area (TPSA) is 76.7 Å². The summed E-state index contributed by atoms with van der Waals surface area (Å²) in [6, 6.07) is 8.46. The minimum absolute atomic E-state index is 0.00826. The second-order valence-electron chi connectivity index (χ2n) is 7.12. The van der Waals surface area contributed by atoms with Crippen molar-refractivity contribution < 1.29 is 19.1 Å². The van der Waals surface area contributed by atoms with Crippen LogP contribution < -0.4 is 10.6 Å². The predicted octanol–water partition coefficient (Wildman–Crippen LogP) is 5.19. The van der Waals surface area contributed by atoms with E-state index in [9.17, 15) is 9.59 Å². The van der Waals surface area contributed by atoms with Crippen molar-refractivity contribution in [2.45, 2.75) is 46.1 Å². The van der Waals surface area contributed by atoms with Gasteiger partial charge in [-0.15, -0.1) is 11.3 Å². The molecule has 1 unspecified atom stereocenters. The van der Waals surface area contributed by atoms with Gasteiger partial charge in [0.25, 0.3) is 0 Å². The van der Waals surface area contributed by atoms with Crippen LogP contribution in [0.15, 0.2) is 24.3 Å². The number of rotatable bonds is 7. The molecule has 2 rings (SSSR count). The Bertz CT molecular complexity index is 920. The Morgan fingerprint density at radius 1 is 1.07 bits per heavy atom. The molecule has 1 heterocycles. The summed E-state index contributed by atoms with van der Waals surface area (Å²) < 4.78 is 9.69. The van der Waals surface area contributed by atoms with E-state index in [0.29, 0.717) is 26.5 Å². The number of nitrogens with one attached hydrogen (secondary N) is 2. The second kappa shape index (κ2) is 10.5. The molecule has 162 valence electrons. The highest BCUT2D eigenvalue weighted by Crippen LogP contribution is 2.34. The lowest BCUT2D eigenvalue weighted by molar-refractivity contribution is 0.0601. The summed E-state index contributed by atoms with van der Waals surface area (Å²) in [6.07, 6.45) is 0.823. The lowest BCUT2D eigenvalue weighted by Gasteiger charge is -2.20. The van der Waals surface area contributed by atoms with Crippen molar-refractivity contribution in [3.05, 3.63) is 51.4 Å². The average Bonchev–Trinajstić information content (AvgIpc) is 3.06. The smallest absolute Gasteiger partial charge is 0.348 e. The molecule has 0 aliphatic carbocycles. The van der Waals surface area contributed by atoms with Gasteiger partial charge in [-0.2, -0.15) is 0 Å². The molecular formula is C22H28N2O4S2. The van der Waals surface area contributed by atoms with Crippen LogP contribution in [-0.4, -0.2) is 31.3 Å². The van der Waals surface area contributed by atoms with Gasteiger partial charge >= 0.3 is 11.9 Å². The van der Waals surface area contributed by atoms with Crippen LogP contribution in [0.25, 0.3) is 0 Å². The number of esters is 2. The van der Waals surface area contributed by atoms with Gasteiger partial charge in [0, 0.05) is 0 Å². The van der Waals surface area contributed by atoms with Gasteiger partial charge in [0.05, 0.1) is 25.8 Å². The lowest BCUT2D eigenvalue weighted by Crippen LogP contribution is -2.32. The van der Waals surface area contributed by atoms with Crippen molar-refractivity contribution in [3.8, 4) is 0 Å². The lowest BCUT2D eigenvalue weighted by atomic mass is 9.98. The van der Waals surface area contributed by atoms with Gasteiger partial charge < -0.3 is 20.1 Å². The van der Waals surface area contributed by atoms with E-state index < -0.39 is 11.9 Å². The second-order valence-corrected chi connectivity index (χ2v) is 8.55. The molecule has 30 heavy (non-hydrogen) atoms. The number of thiophene rings is 1. The average molecular weight is 449 g/mol. The first-order valence-corrected chi connectivity index (χ1v) is 10.9. The Morgan fingerprint density at radius 3 is 2.13 bits per heavy atom. The fourth-order valence-electron chi connectivity index (χ4n) is 3.07. The molecule has 8 heteroatoms. The van der Waals surface area contributed by atoms with Crippen LogP contribution in [0, 0.1) is 6.92 Å². The molecule has 0 amide bonds. The van der Waals surface area contributed by atoms with Gasteiger partial charge in [0.15, 0.2) is 5.11 Å². The fourth-order valence-corrected chi connectivity index (χ4v) is 4.50.